The Hall–Kier alpha value is -1.10. The Morgan fingerprint density at radius 1 is 1.21 bits per heavy atom. The predicted molar refractivity (Wildman–Crippen MR) is 127 cm³/mol. The number of nitrogens with one attached hydrogen (secondary N) is 1. The van der Waals surface area contributed by atoms with Crippen LogP contribution in [-0.4, -0.2) is 29.3 Å². The van der Waals surface area contributed by atoms with Crippen molar-refractivity contribution in [2.45, 2.75) is 69.4 Å². The summed E-state index contributed by atoms with van der Waals surface area (Å²) in [6.45, 7) is 5.55. The Labute approximate surface area is 180 Å². The van der Waals surface area contributed by atoms with Crippen LogP contribution in [0.5, 0.6) is 0 Å². The summed E-state index contributed by atoms with van der Waals surface area (Å²) in [6, 6.07) is 9.92. The van der Waals surface area contributed by atoms with Crippen molar-refractivity contribution in [2.24, 2.45) is 0 Å². The van der Waals surface area contributed by atoms with Crippen LogP contribution < -0.4 is 4.72 Å². The van der Waals surface area contributed by atoms with Crippen LogP contribution in [0.25, 0.3) is 0 Å². The minimum absolute atomic E-state index is 0.555. The molecule has 0 amide bonds. The van der Waals surface area contributed by atoms with E-state index in [1.807, 2.05) is 11.8 Å². The first-order chi connectivity index (χ1) is 13.8. The van der Waals surface area contributed by atoms with Gasteiger partial charge >= 0.3 is 0 Å². The normalized spacial score (nSPS) is 19.6. The summed E-state index contributed by atoms with van der Waals surface area (Å²) in [7, 11) is 0. The number of benzene rings is 1. The van der Waals surface area contributed by atoms with Crippen molar-refractivity contribution in [3.63, 3.8) is 0 Å². The Kier molecular flexibility index (Phi) is 9.10. The minimum atomic E-state index is 0.555. The number of nitrogens with zero attached hydrogens (tertiary/aromatic N) is 1. The molecule has 28 heavy (non-hydrogen) atoms. The molecule has 0 bridgehead atoms. The lowest BCUT2D eigenvalue weighted by Gasteiger charge is -2.39. The molecular weight excluding hydrogens is 380 g/mol. The second-order valence-electron chi connectivity index (χ2n) is 7.61. The highest BCUT2D eigenvalue weighted by atomic mass is 32.2. The van der Waals surface area contributed by atoms with E-state index >= 15 is 0 Å². The second-order valence-corrected chi connectivity index (χ2v) is 9.52. The van der Waals surface area contributed by atoms with Crippen molar-refractivity contribution in [1.82, 2.24) is 9.62 Å². The third-order valence-corrected chi connectivity index (χ3v) is 7.18. The molecule has 2 unspecified atom stereocenters. The lowest BCUT2D eigenvalue weighted by atomic mass is 10.0. The zero-order valence-corrected chi connectivity index (χ0v) is 18.9. The summed E-state index contributed by atoms with van der Waals surface area (Å²) < 4.78 is 3.53. The summed E-state index contributed by atoms with van der Waals surface area (Å²) in [6.07, 6.45) is 16.9. The van der Waals surface area contributed by atoms with Crippen LogP contribution in [-0.2, 0) is 0 Å². The summed E-state index contributed by atoms with van der Waals surface area (Å²) in [4.78, 5) is 4.01. The highest BCUT2D eigenvalue weighted by Crippen LogP contribution is 2.30. The van der Waals surface area contributed by atoms with Crippen molar-refractivity contribution in [3.8, 4) is 0 Å². The van der Waals surface area contributed by atoms with E-state index in [0.29, 0.717) is 12.1 Å². The van der Waals surface area contributed by atoms with Gasteiger partial charge in [-0.05, 0) is 74.6 Å². The van der Waals surface area contributed by atoms with Gasteiger partial charge in [-0.3, -0.25) is 4.72 Å². The van der Waals surface area contributed by atoms with E-state index in [0.717, 1.165) is 6.54 Å². The van der Waals surface area contributed by atoms with Crippen LogP contribution in [0.1, 0.15) is 51.0 Å². The van der Waals surface area contributed by atoms with Gasteiger partial charge in [0.15, 0.2) is 0 Å². The molecular formula is C24H34N2S2. The van der Waals surface area contributed by atoms with Crippen molar-refractivity contribution >= 4 is 23.7 Å². The zero-order chi connectivity index (χ0) is 19.6. The number of unbranched alkanes of at least 4 members (excludes halogenated alkanes) is 1. The Morgan fingerprint density at radius 2 is 2.07 bits per heavy atom. The lowest BCUT2D eigenvalue weighted by Crippen LogP contribution is -2.41. The monoisotopic (exact) mass is 414 g/mol. The van der Waals surface area contributed by atoms with Crippen LogP contribution in [0.3, 0.4) is 0 Å². The highest BCUT2D eigenvalue weighted by molar-refractivity contribution is 8.02. The number of rotatable bonds is 11. The Balaban J connectivity index is 1.45. The van der Waals surface area contributed by atoms with Gasteiger partial charge in [0.05, 0.1) is 6.04 Å². The summed E-state index contributed by atoms with van der Waals surface area (Å²) in [5.41, 5.74) is 2.77. The number of hydrogen-bond acceptors (Lipinski definition) is 4. The van der Waals surface area contributed by atoms with Gasteiger partial charge in [-0.2, -0.15) is 0 Å². The molecule has 1 aliphatic heterocycles. The maximum absolute atomic E-state index is 3.53. The third kappa shape index (κ3) is 6.47. The van der Waals surface area contributed by atoms with E-state index in [1.165, 1.54) is 60.4 Å². The number of allylic oxidation sites excluding steroid dienone is 3. The molecule has 0 radical (unpaired) electrons. The fourth-order valence-corrected chi connectivity index (χ4v) is 5.41. The van der Waals surface area contributed by atoms with Crippen molar-refractivity contribution in [3.05, 3.63) is 65.2 Å². The molecule has 1 N–H and O–H groups in total. The average Bonchev–Trinajstić information content (AvgIpc) is 3.26. The largest absolute Gasteiger partial charge is 0.362 e. The van der Waals surface area contributed by atoms with Crippen molar-refractivity contribution in [1.29, 1.82) is 0 Å². The van der Waals surface area contributed by atoms with Crippen LogP contribution >= 0.6 is 23.7 Å². The van der Waals surface area contributed by atoms with Crippen LogP contribution in [0.2, 0.25) is 0 Å². The fraction of sp³-hybridized carbons (Fsp3) is 0.500. The van der Waals surface area contributed by atoms with Crippen LogP contribution in [0.15, 0.2) is 64.6 Å². The molecule has 0 saturated carbocycles. The zero-order valence-electron chi connectivity index (χ0n) is 17.3. The highest BCUT2D eigenvalue weighted by Gasteiger charge is 2.26. The molecule has 1 heterocycles. The molecule has 0 fully saturated rings. The quantitative estimate of drug-likeness (QED) is 0.320. The van der Waals surface area contributed by atoms with E-state index in [2.05, 4.69) is 77.4 Å². The van der Waals surface area contributed by atoms with E-state index in [9.17, 15) is 0 Å². The molecule has 0 spiro atoms. The predicted octanol–water partition coefficient (Wildman–Crippen LogP) is 6.71. The Bertz CT molecular complexity index is 678. The van der Waals surface area contributed by atoms with E-state index in [-0.39, 0.29) is 0 Å². The average molecular weight is 415 g/mol. The van der Waals surface area contributed by atoms with Gasteiger partial charge < -0.3 is 4.90 Å². The first kappa shape index (κ1) is 21.6. The molecule has 1 aliphatic carbocycles. The van der Waals surface area contributed by atoms with Gasteiger partial charge in [0.25, 0.3) is 0 Å². The second kappa shape index (κ2) is 11.8. The molecule has 1 aromatic carbocycles. The Morgan fingerprint density at radius 3 is 2.75 bits per heavy atom. The van der Waals surface area contributed by atoms with Gasteiger partial charge in [-0.25, -0.2) is 0 Å². The van der Waals surface area contributed by atoms with Gasteiger partial charge in [0.2, 0.25) is 0 Å². The molecule has 4 heteroatoms. The van der Waals surface area contributed by atoms with Gasteiger partial charge in [-0.1, -0.05) is 49.3 Å². The molecule has 3 rings (SSSR count). The molecule has 2 atom stereocenters. The molecule has 152 valence electrons. The summed E-state index contributed by atoms with van der Waals surface area (Å²) in [5, 5.41) is 2.28. The molecule has 2 nitrogen and oxygen atoms in total. The molecule has 0 saturated heterocycles. The first-order valence-corrected chi connectivity index (χ1v) is 12.5. The SMILES string of the molecule is CCC(CCCCNSc1ccc(C)cc1)N(C1=CCCC=C1)C1C=CSC1. The smallest absolute Gasteiger partial charge is 0.0577 e. The number of thioether (sulfide) groups is 1. The minimum Gasteiger partial charge on any atom is -0.362 e. The van der Waals surface area contributed by atoms with Crippen LogP contribution in [0.4, 0.5) is 0 Å². The van der Waals surface area contributed by atoms with Gasteiger partial charge in [-0.15, -0.1) is 11.8 Å². The molecule has 1 aromatic rings. The number of aryl methyl sites for hydroxylation is 1. The van der Waals surface area contributed by atoms with Gasteiger partial charge in [0, 0.05) is 28.9 Å². The standard InChI is InChI=1S/C24H34N2S2/c1-3-21(9-7-8-17-25-28-24-14-12-20(2)13-15-24)26(23-16-18-27-19-23)22-10-5-4-6-11-22/h5,10-16,18,21,23,25H,3-4,6-9,17,19H2,1-2H3. The number of hydrogen-bond donors (Lipinski definition) is 1. The van der Waals surface area contributed by atoms with E-state index in [4.69, 9.17) is 0 Å². The first-order valence-electron chi connectivity index (χ1n) is 10.7. The molecule has 0 aromatic heterocycles. The lowest BCUT2D eigenvalue weighted by molar-refractivity contribution is 0.211. The summed E-state index contributed by atoms with van der Waals surface area (Å²) in [5.74, 6) is 1.19. The van der Waals surface area contributed by atoms with Gasteiger partial charge in [0.1, 0.15) is 0 Å². The summed E-state index contributed by atoms with van der Waals surface area (Å²) >= 11 is 3.70. The molecule has 2 aliphatic rings. The third-order valence-electron chi connectivity index (χ3n) is 5.44. The fourth-order valence-electron chi connectivity index (χ4n) is 3.85. The van der Waals surface area contributed by atoms with Crippen molar-refractivity contribution in [2.75, 3.05) is 12.3 Å². The maximum atomic E-state index is 3.53. The topological polar surface area (TPSA) is 15.3 Å². The van der Waals surface area contributed by atoms with E-state index < -0.39 is 0 Å². The van der Waals surface area contributed by atoms with E-state index in [1.54, 1.807) is 11.9 Å². The van der Waals surface area contributed by atoms with Crippen LogP contribution in [0, 0.1) is 6.92 Å². The maximum Gasteiger partial charge on any atom is 0.0577 e. The van der Waals surface area contributed by atoms with Crippen molar-refractivity contribution < 1.29 is 0 Å².